The third-order valence-corrected chi connectivity index (χ3v) is 6.61. The number of carbonyl (C=O) groups excluding carboxylic acids is 1. The van der Waals surface area contributed by atoms with E-state index in [1.807, 2.05) is 47.0 Å². The number of fused-ring (bicyclic) bond motifs is 4. The lowest BCUT2D eigenvalue weighted by molar-refractivity contribution is -0.925. The summed E-state index contributed by atoms with van der Waals surface area (Å²) in [5.41, 5.74) is 3.46. The minimum Gasteiger partial charge on any atom is -0.458 e. The van der Waals surface area contributed by atoms with Crippen LogP contribution in [0.4, 0.5) is 5.69 Å². The number of aromatic nitrogens is 1. The number of pyridine rings is 1. The van der Waals surface area contributed by atoms with Gasteiger partial charge < -0.3 is 24.3 Å². The second-order valence-corrected chi connectivity index (χ2v) is 9.01. The largest absolute Gasteiger partial charge is 0.458 e. The fraction of sp³-hybridized carbons (Fsp3) is 0.360. The molecule has 1 amide bonds. The molecule has 3 atom stereocenters. The Morgan fingerprint density at radius 3 is 2.62 bits per heavy atom. The second-order valence-electron chi connectivity index (χ2n) is 9.01. The predicted octanol–water partition coefficient (Wildman–Crippen LogP) is 1.76. The van der Waals surface area contributed by atoms with Gasteiger partial charge in [0.2, 0.25) is 5.91 Å². The molecule has 5 rings (SSSR count). The molecule has 2 aromatic heterocycles. The Morgan fingerprint density at radius 1 is 1.12 bits per heavy atom. The molecule has 1 fully saturated rings. The zero-order chi connectivity index (χ0) is 22.2. The van der Waals surface area contributed by atoms with Crippen molar-refractivity contribution in [1.29, 1.82) is 0 Å². The molecule has 1 saturated heterocycles. The Labute approximate surface area is 186 Å². The number of nitrogens with zero attached hydrogens (tertiary/aromatic N) is 1. The third kappa shape index (κ3) is 4.01. The number of hydrogen-bond donors (Lipinski definition) is 3. The van der Waals surface area contributed by atoms with Crippen LogP contribution in [-0.4, -0.2) is 28.7 Å². The molecule has 2 aliphatic rings. The Morgan fingerprint density at radius 2 is 1.91 bits per heavy atom. The highest BCUT2D eigenvalue weighted by atomic mass is 16.4. The first kappa shape index (κ1) is 20.7. The zero-order valence-corrected chi connectivity index (χ0v) is 18.1. The topological polar surface area (TPSA) is 88.9 Å². The Balaban J connectivity index is 1.37. The van der Waals surface area contributed by atoms with Crippen LogP contribution in [0.2, 0.25) is 0 Å². The highest BCUT2D eigenvalue weighted by Crippen LogP contribution is 2.32. The maximum atomic E-state index is 13.4. The van der Waals surface area contributed by atoms with Gasteiger partial charge in [0.05, 0.1) is 13.1 Å². The lowest BCUT2D eigenvalue weighted by Crippen LogP contribution is -3.13. The molecule has 2 aliphatic heterocycles. The summed E-state index contributed by atoms with van der Waals surface area (Å²) in [6.07, 6.45) is 1.12. The van der Waals surface area contributed by atoms with E-state index in [0.29, 0.717) is 23.2 Å². The summed E-state index contributed by atoms with van der Waals surface area (Å²) in [6.45, 7) is 4.92. The number of benzene rings is 1. The molecule has 3 N–H and O–H groups in total. The highest BCUT2D eigenvalue weighted by molar-refractivity contribution is 5.88. The molecule has 0 spiro atoms. The molecule has 3 aromatic rings. The Bertz CT molecular complexity index is 1190. The quantitative estimate of drug-likeness (QED) is 0.571. The fourth-order valence-corrected chi connectivity index (χ4v) is 5.32. The van der Waals surface area contributed by atoms with E-state index in [1.165, 1.54) is 11.8 Å². The van der Waals surface area contributed by atoms with Gasteiger partial charge in [-0.1, -0.05) is 12.1 Å². The number of hydrogen-bond acceptors (Lipinski definition) is 4. The SMILES string of the molecule is CC(=O)Nc1ccc(-c2ccc3n(c2=O)C[C@H]2C[C@@H]3C[NH+](Cc3ccc(CO)o3)C2)cc1. The minimum absolute atomic E-state index is 0.0616. The highest BCUT2D eigenvalue weighted by Gasteiger charge is 2.37. The average Bonchev–Trinajstić information content (AvgIpc) is 3.22. The summed E-state index contributed by atoms with van der Waals surface area (Å²) in [5, 5.41) is 12.0. The molecule has 7 heteroatoms. The van der Waals surface area contributed by atoms with Crippen LogP contribution in [0.5, 0.6) is 0 Å². The van der Waals surface area contributed by atoms with Crippen molar-refractivity contribution in [3.63, 3.8) is 0 Å². The number of anilines is 1. The van der Waals surface area contributed by atoms with Crippen molar-refractivity contribution in [2.24, 2.45) is 5.92 Å². The molecule has 1 aromatic carbocycles. The first-order chi connectivity index (χ1) is 15.5. The van der Waals surface area contributed by atoms with E-state index >= 15 is 0 Å². The van der Waals surface area contributed by atoms with Crippen molar-refractivity contribution >= 4 is 11.6 Å². The lowest BCUT2D eigenvalue weighted by Gasteiger charge is -2.40. The van der Waals surface area contributed by atoms with E-state index in [1.54, 1.807) is 0 Å². The Kier molecular flexibility index (Phi) is 5.45. The number of nitrogens with one attached hydrogen (secondary N) is 2. The van der Waals surface area contributed by atoms with Gasteiger partial charge in [-0.15, -0.1) is 0 Å². The van der Waals surface area contributed by atoms with Gasteiger partial charge in [-0.2, -0.15) is 0 Å². The number of rotatable bonds is 5. The van der Waals surface area contributed by atoms with Crippen LogP contribution in [0.25, 0.3) is 11.1 Å². The van der Waals surface area contributed by atoms with Gasteiger partial charge in [-0.25, -0.2) is 0 Å². The first-order valence-electron chi connectivity index (χ1n) is 11.1. The van der Waals surface area contributed by atoms with Gasteiger partial charge >= 0.3 is 0 Å². The van der Waals surface area contributed by atoms with Crippen LogP contribution >= 0.6 is 0 Å². The van der Waals surface area contributed by atoms with Gasteiger partial charge in [-0.05, 0) is 48.4 Å². The molecular formula is C25H28N3O4+. The smallest absolute Gasteiger partial charge is 0.258 e. The summed E-state index contributed by atoms with van der Waals surface area (Å²) in [7, 11) is 0. The van der Waals surface area contributed by atoms with E-state index in [0.717, 1.165) is 55.3 Å². The minimum atomic E-state index is -0.116. The molecule has 32 heavy (non-hydrogen) atoms. The number of furan rings is 1. The summed E-state index contributed by atoms with van der Waals surface area (Å²) in [4.78, 5) is 26.1. The summed E-state index contributed by atoms with van der Waals surface area (Å²) < 4.78 is 7.67. The fourth-order valence-electron chi connectivity index (χ4n) is 5.32. The van der Waals surface area contributed by atoms with Crippen LogP contribution in [0.15, 0.2) is 57.7 Å². The molecule has 0 saturated carbocycles. The number of carbonyl (C=O) groups is 1. The molecule has 0 aliphatic carbocycles. The summed E-state index contributed by atoms with van der Waals surface area (Å²) in [5.74, 6) is 2.20. The van der Waals surface area contributed by atoms with Gasteiger partial charge in [0.15, 0.2) is 5.76 Å². The number of amides is 1. The standard InChI is InChI=1S/C25H27N3O4/c1-16(30)26-20-4-2-18(3-5-20)23-8-9-24-19-10-17(12-28(24)25(23)31)11-27(13-19)14-21-6-7-22(15-29)32-21/h2-9,17,19,29H,10-15H2,1H3,(H,26,30)/p+1/t17-,19+/m0/s1. The van der Waals surface area contributed by atoms with Crippen molar-refractivity contribution in [1.82, 2.24) is 4.57 Å². The van der Waals surface area contributed by atoms with Crippen molar-refractivity contribution in [2.75, 3.05) is 18.4 Å². The molecule has 0 radical (unpaired) electrons. The van der Waals surface area contributed by atoms with Crippen molar-refractivity contribution < 1.29 is 19.2 Å². The van der Waals surface area contributed by atoms with E-state index in [2.05, 4.69) is 11.4 Å². The van der Waals surface area contributed by atoms with Crippen molar-refractivity contribution in [2.45, 2.75) is 39.0 Å². The second kappa shape index (κ2) is 8.41. The average molecular weight is 435 g/mol. The monoisotopic (exact) mass is 434 g/mol. The molecule has 7 nitrogen and oxygen atoms in total. The molecular weight excluding hydrogens is 406 g/mol. The molecule has 4 heterocycles. The summed E-state index contributed by atoms with van der Waals surface area (Å²) in [6, 6.07) is 15.3. The number of quaternary nitrogens is 1. The first-order valence-corrected chi connectivity index (χ1v) is 11.1. The third-order valence-electron chi connectivity index (χ3n) is 6.61. The molecule has 166 valence electrons. The van der Waals surface area contributed by atoms with Crippen LogP contribution in [0.1, 0.15) is 36.5 Å². The number of aliphatic hydroxyl groups excluding tert-OH is 1. The number of aliphatic hydroxyl groups is 1. The van der Waals surface area contributed by atoms with Crippen LogP contribution < -0.4 is 15.8 Å². The molecule has 2 bridgehead atoms. The number of likely N-dealkylation sites (tertiary alicyclic amines) is 1. The maximum absolute atomic E-state index is 13.4. The summed E-state index contributed by atoms with van der Waals surface area (Å²) >= 11 is 0. The van der Waals surface area contributed by atoms with E-state index in [9.17, 15) is 14.7 Å². The zero-order valence-electron chi connectivity index (χ0n) is 18.1. The lowest BCUT2D eigenvalue weighted by atomic mass is 9.82. The van der Waals surface area contributed by atoms with Gasteiger partial charge in [0.25, 0.3) is 5.56 Å². The maximum Gasteiger partial charge on any atom is 0.258 e. The van der Waals surface area contributed by atoms with Crippen LogP contribution in [-0.2, 0) is 24.5 Å². The van der Waals surface area contributed by atoms with Gasteiger partial charge in [0.1, 0.15) is 18.9 Å². The van der Waals surface area contributed by atoms with E-state index in [4.69, 9.17) is 4.42 Å². The van der Waals surface area contributed by atoms with Crippen molar-refractivity contribution in [3.8, 4) is 11.1 Å². The number of piperidine rings is 1. The molecule has 1 unspecified atom stereocenters. The van der Waals surface area contributed by atoms with Gasteiger partial charge in [-0.3, -0.25) is 9.59 Å². The predicted molar refractivity (Wildman–Crippen MR) is 120 cm³/mol. The normalized spacial score (nSPS) is 21.8. The van der Waals surface area contributed by atoms with E-state index < -0.39 is 0 Å². The van der Waals surface area contributed by atoms with Crippen LogP contribution in [0.3, 0.4) is 0 Å². The van der Waals surface area contributed by atoms with Crippen LogP contribution in [0, 0.1) is 5.92 Å². The van der Waals surface area contributed by atoms with Gasteiger partial charge in [0, 0.05) is 42.2 Å². The van der Waals surface area contributed by atoms with Crippen molar-refractivity contribution in [3.05, 3.63) is 76.1 Å². The van der Waals surface area contributed by atoms with E-state index in [-0.39, 0.29) is 18.1 Å². The Hall–Kier alpha value is -3.16.